The van der Waals surface area contributed by atoms with Crippen LogP contribution >= 0.6 is 11.6 Å². The Hall–Kier alpha value is -1.13. The SMILES string of the molecule is CCCc1cc(C(=O)NC2CCOC2C2CC2)cc(Cl)n1. The Morgan fingerprint density at radius 1 is 1.43 bits per heavy atom. The lowest BCUT2D eigenvalue weighted by molar-refractivity contribution is 0.0729. The van der Waals surface area contributed by atoms with Crippen LogP contribution in [0.1, 0.15) is 48.7 Å². The van der Waals surface area contributed by atoms with Crippen LogP contribution in [0, 0.1) is 5.92 Å². The molecule has 4 nitrogen and oxygen atoms in total. The van der Waals surface area contributed by atoms with Crippen LogP contribution in [0.3, 0.4) is 0 Å². The standard InChI is InChI=1S/C16H21ClN2O2/c1-2-3-12-8-11(9-14(17)18-12)16(20)19-13-6-7-21-15(13)10-4-5-10/h8-10,13,15H,2-7H2,1H3,(H,19,20). The normalized spacial score (nSPS) is 25.0. The van der Waals surface area contributed by atoms with Crippen molar-refractivity contribution >= 4 is 17.5 Å². The Bertz CT molecular complexity index is 531. The summed E-state index contributed by atoms with van der Waals surface area (Å²) in [7, 11) is 0. The molecule has 114 valence electrons. The van der Waals surface area contributed by atoms with Gasteiger partial charge in [0.1, 0.15) is 5.15 Å². The van der Waals surface area contributed by atoms with Crippen LogP contribution in [-0.2, 0) is 11.2 Å². The molecular formula is C16H21ClN2O2. The number of amides is 1. The Morgan fingerprint density at radius 2 is 2.24 bits per heavy atom. The Kier molecular flexibility index (Phi) is 4.45. The summed E-state index contributed by atoms with van der Waals surface area (Å²) in [4.78, 5) is 16.7. The van der Waals surface area contributed by atoms with Crippen molar-refractivity contribution < 1.29 is 9.53 Å². The van der Waals surface area contributed by atoms with Crippen molar-refractivity contribution in [2.75, 3.05) is 6.61 Å². The van der Waals surface area contributed by atoms with Crippen molar-refractivity contribution in [3.05, 3.63) is 28.5 Å². The number of carbonyl (C=O) groups excluding carboxylic acids is 1. The Labute approximate surface area is 130 Å². The molecule has 2 unspecified atom stereocenters. The molecule has 0 radical (unpaired) electrons. The summed E-state index contributed by atoms with van der Waals surface area (Å²) in [5.41, 5.74) is 1.47. The zero-order valence-corrected chi connectivity index (χ0v) is 13.0. The quantitative estimate of drug-likeness (QED) is 0.851. The molecule has 0 spiro atoms. The van der Waals surface area contributed by atoms with Crippen LogP contribution in [0.2, 0.25) is 5.15 Å². The van der Waals surface area contributed by atoms with E-state index < -0.39 is 0 Å². The number of carbonyl (C=O) groups is 1. The largest absolute Gasteiger partial charge is 0.376 e. The van der Waals surface area contributed by atoms with E-state index in [1.807, 2.05) is 6.07 Å². The van der Waals surface area contributed by atoms with E-state index in [-0.39, 0.29) is 18.1 Å². The first-order valence-electron chi connectivity index (χ1n) is 7.76. The first-order valence-corrected chi connectivity index (χ1v) is 8.14. The number of aromatic nitrogens is 1. The molecule has 1 N–H and O–H groups in total. The number of pyridine rings is 1. The van der Waals surface area contributed by atoms with Gasteiger partial charge in [-0.3, -0.25) is 4.79 Å². The van der Waals surface area contributed by atoms with Crippen LogP contribution in [0.5, 0.6) is 0 Å². The van der Waals surface area contributed by atoms with Crippen LogP contribution in [0.15, 0.2) is 12.1 Å². The molecule has 1 aliphatic carbocycles. The predicted octanol–water partition coefficient (Wildman–Crippen LogP) is 2.98. The monoisotopic (exact) mass is 308 g/mol. The minimum atomic E-state index is -0.0715. The van der Waals surface area contributed by atoms with Crippen LogP contribution in [0.25, 0.3) is 0 Å². The van der Waals surface area contributed by atoms with Crippen molar-refractivity contribution in [2.45, 2.75) is 51.2 Å². The average Bonchev–Trinajstić information content (AvgIpc) is 3.19. The molecule has 1 amide bonds. The third kappa shape index (κ3) is 3.55. The van der Waals surface area contributed by atoms with Gasteiger partial charge in [-0.25, -0.2) is 4.98 Å². The van der Waals surface area contributed by atoms with Gasteiger partial charge in [-0.1, -0.05) is 24.9 Å². The van der Waals surface area contributed by atoms with Gasteiger partial charge >= 0.3 is 0 Å². The van der Waals surface area contributed by atoms with E-state index in [9.17, 15) is 4.79 Å². The summed E-state index contributed by atoms with van der Waals surface area (Å²) in [6, 6.07) is 3.61. The van der Waals surface area contributed by atoms with Gasteiger partial charge < -0.3 is 10.1 Å². The average molecular weight is 309 g/mol. The smallest absolute Gasteiger partial charge is 0.251 e. The number of rotatable bonds is 5. The van der Waals surface area contributed by atoms with Gasteiger partial charge in [0.25, 0.3) is 5.91 Å². The zero-order valence-electron chi connectivity index (χ0n) is 12.3. The summed E-state index contributed by atoms with van der Waals surface area (Å²) in [5, 5.41) is 3.49. The topological polar surface area (TPSA) is 51.2 Å². The van der Waals surface area contributed by atoms with E-state index in [1.54, 1.807) is 6.07 Å². The van der Waals surface area contributed by atoms with Gasteiger partial charge in [0.05, 0.1) is 12.1 Å². The number of hydrogen-bond donors (Lipinski definition) is 1. The minimum absolute atomic E-state index is 0.0715. The molecule has 21 heavy (non-hydrogen) atoms. The number of nitrogens with zero attached hydrogens (tertiary/aromatic N) is 1. The van der Waals surface area contributed by atoms with Crippen molar-refractivity contribution in [1.29, 1.82) is 0 Å². The van der Waals surface area contributed by atoms with Gasteiger partial charge in [-0.05, 0) is 43.7 Å². The molecule has 2 aliphatic rings. The van der Waals surface area contributed by atoms with E-state index in [0.29, 0.717) is 16.6 Å². The fourth-order valence-corrected chi connectivity index (χ4v) is 3.20. The third-order valence-corrected chi connectivity index (χ3v) is 4.35. The molecule has 2 fully saturated rings. The number of aryl methyl sites for hydroxylation is 1. The van der Waals surface area contributed by atoms with Crippen molar-refractivity contribution in [2.24, 2.45) is 5.92 Å². The summed E-state index contributed by atoms with van der Waals surface area (Å²) >= 11 is 6.02. The second kappa shape index (κ2) is 6.32. The van der Waals surface area contributed by atoms with Crippen molar-refractivity contribution in [1.82, 2.24) is 10.3 Å². The molecule has 3 rings (SSSR count). The zero-order chi connectivity index (χ0) is 14.8. The van der Waals surface area contributed by atoms with Gasteiger partial charge in [0.15, 0.2) is 0 Å². The van der Waals surface area contributed by atoms with E-state index in [4.69, 9.17) is 16.3 Å². The summed E-state index contributed by atoms with van der Waals surface area (Å²) in [6.45, 7) is 2.82. The van der Waals surface area contributed by atoms with Gasteiger partial charge in [0, 0.05) is 17.9 Å². The van der Waals surface area contributed by atoms with Crippen LogP contribution < -0.4 is 5.32 Å². The number of nitrogens with one attached hydrogen (secondary N) is 1. The number of halogens is 1. The number of hydrogen-bond acceptors (Lipinski definition) is 3. The Morgan fingerprint density at radius 3 is 2.95 bits per heavy atom. The summed E-state index contributed by atoms with van der Waals surface area (Å²) in [6.07, 6.45) is 5.35. The first-order chi connectivity index (χ1) is 10.2. The molecule has 0 bridgehead atoms. The highest BCUT2D eigenvalue weighted by molar-refractivity contribution is 6.29. The first kappa shape index (κ1) is 14.8. The fourth-order valence-electron chi connectivity index (χ4n) is 2.97. The maximum Gasteiger partial charge on any atom is 0.251 e. The predicted molar refractivity (Wildman–Crippen MR) is 81.6 cm³/mol. The lowest BCUT2D eigenvalue weighted by atomic mass is 10.1. The second-order valence-electron chi connectivity index (χ2n) is 5.96. The number of ether oxygens (including phenoxy) is 1. The van der Waals surface area contributed by atoms with Crippen LogP contribution in [-0.4, -0.2) is 29.6 Å². The molecule has 1 saturated heterocycles. The van der Waals surface area contributed by atoms with Crippen molar-refractivity contribution in [3.63, 3.8) is 0 Å². The maximum atomic E-state index is 12.4. The molecule has 5 heteroatoms. The molecule has 1 aliphatic heterocycles. The fraction of sp³-hybridized carbons (Fsp3) is 0.625. The highest BCUT2D eigenvalue weighted by atomic mass is 35.5. The van der Waals surface area contributed by atoms with Gasteiger partial charge in [0.2, 0.25) is 0 Å². The van der Waals surface area contributed by atoms with Gasteiger partial charge in [-0.2, -0.15) is 0 Å². The highest BCUT2D eigenvalue weighted by Crippen LogP contribution is 2.38. The van der Waals surface area contributed by atoms with Gasteiger partial charge in [-0.15, -0.1) is 0 Å². The maximum absolute atomic E-state index is 12.4. The molecule has 0 aromatic carbocycles. The summed E-state index contributed by atoms with van der Waals surface area (Å²) < 4.78 is 5.76. The second-order valence-corrected chi connectivity index (χ2v) is 6.35. The van der Waals surface area contributed by atoms with E-state index in [0.717, 1.165) is 31.6 Å². The highest BCUT2D eigenvalue weighted by Gasteiger charge is 2.41. The molecule has 2 atom stereocenters. The summed E-state index contributed by atoms with van der Waals surface area (Å²) in [5.74, 6) is 0.562. The van der Waals surface area contributed by atoms with E-state index in [2.05, 4.69) is 17.2 Å². The Balaban J connectivity index is 1.69. The molecule has 1 aromatic heterocycles. The molecule has 1 aromatic rings. The molecule has 1 saturated carbocycles. The third-order valence-electron chi connectivity index (χ3n) is 4.15. The van der Waals surface area contributed by atoms with Crippen LogP contribution in [0.4, 0.5) is 0 Å². The molecule has 2 heterocycles. The lowest BCUT2D eigenvalue weighted by Crippen LogP contribution is -2.41. The lowest BCUT2D eigenvalue weighted by Gasteiger charge is -2.19. The molecular weight excluding hydrogens is 288 g/mol. The van der Waals surface area contributed by atoms with E-state index in [1.165, 1.54) is 12.8 Å². The minimum Gasteiger partial charge on any atom is -0.376 e. The van der Waals surface area contributed by atoms with E-state index >= 15 is 0 Å². The van der Waals surface area contributed by atoms with Crippen molar-refractivity contribution in [3.8, 4) is 0 Å².